The first-order chi connectivity index (χ1) is 13.5. The SMILES string of the molecule is COc1cccc(CCN[C@@H]2CC(=O)N(c3ccc(NC(C)=O)cc3)C2=O)c1. The lowest BCUT2D eigenvalue weighted by Gasteiger charge is -2.16. The van der Waals surface area contributed by atoms with Crippen molar-refractivity contribution < 1.29 is 19.1 Å². The van der Waals surface area contributed by atoms with Crippen LogP contribution in [-0.4, -0.2) is 37.4 Å². The van der Waals surface area contributed by atoms with Gasteiger partial charge in [0.25, 0.3) is 5.91 Å². The number of nitrogens with zero attached hydrogens (tertiary/aromatic N) is 1. The van der Waals surface area contributed by atoms with E-state index in [1.807, 2.05) is 24.3 Å². The minimum Gasteiger partial charge on any atom is -0.497 e. The molecule has 0 aliphatic carbocycles. The van der Waals surface area contributed by atoms with Gasteiger partial charge in [0.05, 0.1) is 25.3 Å². The second-order valence-corrected chi connectivity index (χ2v) is 6.61. The molecule has 0 spiro atoms. The van der Waals surface area contributed by atoms with E-state index in [1.165, 1.54) is 11.8 Å². The number of carbonyl (C=O) groups excluding carboxylic acids is 3. The van der Waals surface area contributed by atoms with Crippen molar-refractivity contribution in [1.29, 1.82) is 0 Å². The molecule has 1 fully saturated rings. The zero-order chi connectivity index (χ0) is 20.1. The molecule has 0 unspecified atom stereocenters. The predicted octanol–water partition coefficient (Wildman–Crippen LogP) is 2.12. The number of carbonyl (C=O) groups is 3. The summed E-state index contributed by atoms with van der Waals surface area (Å²) in [7, 11) is 1.62. The molecule has 2 aromatic rings. The number of hydrogen-bond acceptors (Lipinski definition) is 5. The highest BCUT2D eigenvalue weighted by Crippen LogP contribution is 2.24. The van der Waals surface area contributed by atoms with Gasteiger partial charge in [0.2, 0.25) is 11.8 Å². The Hall–Kier alpha value is -3.19. The predicted molar refractivity (Wildman–Crippen MR) is 106 cm³/mol. The number of ether oxygens (including phenoxy) is 1. The van der Waals surface area contributed by atoms with Crippen LogP contribution in [0.2, 0.25) is 0 Å². The number of nitrogens with one attached hydrogen (secondary N) is 2. The first-order valence-electron chi connectivity index (χ1n) is 9.08. The summed E-state index contributed by atoms with van der Waals surface area (Å²) in [6.07, 6.45) is 0.852. The third kappa shape index (κ3) is 4.55. The zero-order valence-corrected chi connectivity index (χ0v) is 15.9. The second kappa shape index (κ2) is 8.67. The van der Waals surface area contributed by atoms with Crippen LogP contribution in [-0.2, 0) is 20.8 Å². The van der Waals surface area contributed by atoms with Crippen molar-refractivity contribution >= 4 is 29.1 Å². The second-order valence-electron chi connectivity index (χ2n) is 6.61. The number of imide groups is 1. The third-order valence-electron chi connectivity index (χ3n) is 4.53. The van der Waals surface area contributed by atoms with Crippen molar-refractivity contribution in [3.05, 3.63) is 54.1 Å². The number of hydrogen-bond donors (Lipinski definition) is 2. The molecule has 146 valence electrons. The quantitative estimate of drug-likeness (QED) is 0.718. The maximum Gasteiger partial charge on any atom is 0.251 e. The first kappa shape index (κ1) is 19.6. The molecule has 1 atom stereocenters. The molecule has 1 aliphatic heterocycles. The topological polar surface area (TPSA) is 87.7 Å². The maximum absolute atomic E-state index is 12.7. The van der Waals surface area contributed by atoms with E-state index in [9.17, 15) is 14.4 Å². The van der Waals surface area contributed by atoms with Gasteiger partial charge in [-0.2, -0.15) is 0 Å². The standard InChI is InChI=1S/C21H23N3O4/c1-14(25)23-16-6-8-17(9-7-16)24-20(26)13-19(21(24)27)22-11-10-15-4-3-5-18(12-15)28-2/h3-9,12,19,22H,10-11,13H2,1-2H3,(H,23,25)/t19-/m1/s1. The van der Waals surface area contributed by atoms with Crippen molar-refractivity contribution in [2.24, 2.45) is 0 Å². The zero-order valence-electron chi connectivity index (χ0n) is 15.9. The molecule has 28 heavy (non-hydrogen) atoms. The highest BCUT2D eigenvalue weighted by molar-refractivity contribution is 6.22. The molecule has 0 aromatic heterocycles. The Bertz CT molecular complexity index is 879. The van der Waals surface area contributed by atoms with E-state index in [1.54, 1.807) is 31.4 Å². The Balaban J connectivity index is 1.59. The molecule has 7 heteroatoms. The highest BCUT2D eigenvalue weighted by atomic mass is 16.5. The normalized spacial score (nSPS) is 16.4. The molecule has 0 saturated carbocycles. The Morgan fingerprint density at radius 3 is 2.61 bits per heavy atom. The molecular weight excluding hydrogens is 358 g/mol. The average Bonchev–Trinajstić information content (AvgIpc) is 2.96. The molecule has 1 saturated heterocycles. The van der Waals surface area contributed by atoms with Gasteiger partial charge in [0.1, 0.15) is 5.75 Å². The van der Waals surface area contributed by atoms with Crippen LogP contribution in [0, 0.1) is 0 Å². The maximum atomic E-state index is 12.7. The van der Waals surface area contributed by atoms with Crippen molar-refractivity contribution in [2.45, 2.75) is 25.8 Å². The van der Waals surface area contributed by atoms with Gasteiger partial charge in [-0.1, -0.05) is 12.1 Å². The molecular formula is C21H23N3O4. The molecule has 7 nitrogen and oxygen atoms in total. The van der Waals surface area contributed by atoms with E-state index in [-0.39, 0.29) is 24.1 Å². The lowest BCUT2D eigenvalue weighted by molar-refractivity contribution is -0.121. The van der Waals surface area contributed by atoms with Crippen LogP contribution in [0.4, 0.5) is 11.4 Å². The number of amides is 3. The number of rotatable bonds is 7. The molecule has 3 rings (SSSR count). The van der Waals surface area contributed by atoms with Crippen LogP contribution in [0.15, 0.2) is 48.5 Å². The van der Waals surface area contributed by atoms with Crippen LogP contribution in [0.5, 0.6) is 5.75 Å². The molecule has 1 heterocycles. The largest absolute Gasteiger partial charge is 0.497 e. The van der Waals surface area contributed by atoms with Gasteiger partial charge in [0.15, 0.2) is 0 Å². The minimum atomic E-state index is -0.534. The smallest absolute Gasteiger partial charge is 0.251 e. The van der Waals surface area contributed by atoms with Crippen LogP contribution in [0.1, 0.15) is 18.9 Å². The summed E-state index contributed by atoms with van der Waals surface area (Å²) in [6, 6.07) is 13.9. The third-order valence-corrected chi connectivity index (χ3v) is 4.53. The summed E-state index contributed by atoms with van der Waals surface area (Å²) < 4.78 is 5.21. The van der Waals surface area contributed by atoms with E-state index < -0.39 is 6.04 Å². The van der Waals surface area contributed by atoms with E-state index in [2.05, 4.69) is 10.6 Å². The minimum absolute atomic E-state index is 0.129. The molecule has 2 N–H and O–H groups in total. The fourth-order valence-corrected chi connectivity index (χ4v) is 3.18. The van der Waals surface area contributed by atoms with Gasteiger partial charge in [-0.15, -0.1) is 0 Å². The first-order valence-corrected chi connectivity index (χ1v) is 9.08. The van der Waals surface area contributed by atoms with Crippen molar-refractivity contribution in [3.8, 4) is 5.75 Å². The summed E-state index contributed by atoms with van der Waals surface area (Å²) in [5.74, 6) is 0.110. The molecule has 2 aromatic carbocycles. The van der Waals surface area contributed by atoms with Crippen molar-refractivity contribution in [1.82, 2.24) is 5.32 Å². The lowest BCUT2D eigenvalue weighted by atomic mass is 10.1. The van der Waals surface area contributed by atoms with Crippen LogP contribution >= 0.6 is 0 Å². The fourth-order valence-electron chi connectivity index (χ4n) is 3.18. The summed E-state index contributed by atoms with van der Waals surface area (Å²) in [5, 5.41) is 5.83. The molecule has 1 aliphatic rings. The van der Waals surface area contributed by atoms with Crippen molar-refractivity contribution in [3.63, 3.8) is 0 Å². The number of benzene rings is 2. The van der Waals surface area contributed by atoms with Crippen LogP contribution < -0.4 is 20.3 Å². The highest BCUT2D eigenvalue weighted by Gasteiger charge is 2.39. The summed E-state index contributed by atoms with van der Waals surface area (Å²) >= 11 is 0. The molecule has 3 amide bonds. The van der Waals surface area contributed by atoms with Crippen LogP contribution in [0.3, 0.4) is 0 Å². The monoisotopic (exact) mass is 381 g/mol. The Kier molecular flexibility index (Phi) is 6.06. The Morgan fingerprint density at radius 2 is 1.93 bits per heavy atom. The van der Waals surface area contributed by atoms with Gasteiger partial charge in [0, 0.05) is 12.6 Å². The fraction of sp³-hybridized carbons (Fsp3) is 0.286. The summed E-state index contributed by atoms with van der Waals surface area (Å²) in [5.41, 5.74) is 2.21. The summed E-state index contributed by atoms with van der Waals surface area (Å²) in [4.78, 5) is 37.3. The lowest BCUT2D eigenvalue weighted by Crippen LogP contribution is -2.39. The average molecular weight is 381 g/mol. The number of anilines is 2. The van der Waals surface area contributed by atoms with Gasteiger partial charge in [-0.3, -0.25) is 14.4 Å². The molecule has 0 bridgehead atoms. The van der Waals surface area contributed by atoms with Crippen molar-refractivity contribution in [2.75, 3.05) is 23.9 Å². The van der Waals surface area contributed by atoms with Gasteiger partial charge >= 0.3 is 0 Å². The summed E-state index contributed by atoms with van der Waals surface area (Å²) in [6.45, 7) is 2.00. The van der Waals surface area contributed by atoms with Gasteiger partial charge in [-0.05, 0) is 54.9 Å². The van der Waals surface area contributed by atoms with E-state index >= 15 is 0 Å². The molecule has 0 radical (unpaired) electrons. The van der Waals surface area contributed by atoms with E-state index in [4.69, 9.17) is 4.74 Å². The van der Waals surface area contributed by atoms with E-state index in [0.717, 1.165) is 17.7 Å². The van der Waals surface area contributed by atoms with Crippen LogP contribution in [0.25, 0.3) is 0 Å². The Labute approximate surface area is 163 Å². The number of methoxy groups -OCH3 is 1. The van der Waals surface area contributed by atoms with E-state index in [0.29, 0.717) is 17.9 Å². The Morgan fingerprint density at radius 1 is 1.18 bits per heavy atom. The van der Waals surface area contributed by atoms with Gasteiger partial charge < -0.3 is 15.4 Å². The van der Waals surface area contributed by atoms with Gasteiger partial charge in [-0.25, -0.2) is 4.90 Å².